The predicted octanol–water partition coefficient (Wildman–Crippen LogP) is 5.64. The van der Waals surface area contributed by atoms with E-state index in [1.54, 1.807) is 12.2 Å². The van der Waals surface area contributed by atoms with Gasteiger partial charge in [0.15, 0.2) is 0 Å². The molecular formula is C22H27NO2. The van der Waals surface area contributed by atoms with Gasteiger partial charge in [0.25, 0.3) is 0 Å². The molecule has 3 heteroatoms. The number of anilines is 1. The fraction of sp³-hybridized carbons (Fsp3) is 0.318. The number of amides is 1. The van der Waals surface area contributed by atoms with Crippen LogP contribution in [0.3, 0.4) is 0 Å². The monoisotopic (exact) mass is 337 g/mol. The van der Waals surface area contributed by atoms with Crippen molar-refractivity contribution in [3.8, 4) is 5.75 Å². The molecule has 2 aromatic carbocycles. The number of para-hydroxylation sites is 1. The van der Waals surface area contributed by atoms with Crippen molar-refractivity contribution in [2.45, 2.75) is 46.1 Å². The highest BCUT2D eigenvalue weighted by Crippen LogP contribution is 2.26. The zero-order chi connectivity index (χ0) is 18.2. The molecular weight excluding hydrogens is 310 g/mol. The summed E-state index contributed by atoms with van der Waals surface area (Å²) in [5, 5.41) is 2.99. The van der Waals surface area contributed by atoms with Crippen LogP contribution in [-0.2, 0) is 4.79 Å². The largest absolute Gasteiger partial charge is 0.491 e. The molecule has 25 heavy (non-hydrogen) atoms. The number of benzene rings is 2. The van der Waals surface area contributed by atoms with Gasteiger partial charge in [0.1, 0.15) is 5.75 Å². The SMILES string of the molecule is CCC(C)c1ccccc1NC(=O)/C=C/c1cccc(OC(C)C)c1. The number of hydrogen-bond donors (Lipinski definition) is 1. The highest BCUT2D eigenvalue weighted by molar-refractivity contribution is 6.02. The summed E-state index contributed by atoms with van der Waals surface area (Å²) < 4.78 is 5.68. The van der Waals surface area contributed by atoms with Crippen molar-refractivity contribution in [2.75, 3.05) is 5.32 Å². The van der Waals surface area contributed by atoms with E-state index in [1.807, 2.05) is 56.3 Å². The van der Waals surface area contributed by atoms with E-state index < -0.39 is 0 Å². The molecule has 0 aliphatic carbocycles. The summed E-state index contributed by atoms with van der Waals surface area (Å²) in [5.41, 5.74) is 2.98. The van der Waals surface area contributed by atoms with Crippen molar-refractivity contribution in [3.05, 3.63) is 65.7 Å². The summed E-state index contributed by atoms with van der Waals surface area (Å²) in [4.78, 5) is 12.3. The maximum atomic E-state index is 12.3. The smallest absolute Gasteiger partial charge is 0.248 e. The first-order chi connectivity index (χ1) is 12.0. The summed E-state index contributed by atoms with van der Waals surface area (Å²) in [5.74, 6) is 1.08. The molecule has 0 radical (unpaired) electrons. The summed E-state index contributed by atoms with van der Waals surface area (Å²) in [6.45, 7) is 8.30. The minimum Gasteiger partial charge on any atom is -0.491 e. The summed E-state index contributed by atoms with van der Waals surface area (Å²) in [7, 11) is 0. The summed E-state index contributed by atoms with van der Waals surface area (Å²) in [6.07, 6.45) is 4.52. The molecule has 3 nitrogen and oxygen atoms in total. The third kappa shape index (κ3) is 5.79. The number of carbonyl (C=O) groups excluding carboxylic acids is 1. The maximum absolute atomic E-state index is 12.3. The number of ether oxygens (including phenoxy) is 1. The highest BCUT2D eigenvalue weighted by Gasteiger charge is 2.09. The van der Waals surface area contributed by atoms with Gasteiger partial charge in [-0.3, -0.25) is 4.79 Å². The minimum absolute atomic E-state index is 0.125. The van der Waals surface area contributed by atoms with Gasteiger partial charge >= 0.3 is 0 Å². The standard InChI is InChI=1S/C22H27NO2/c1-5-17(4)20-11-6-7-12-21(20)23-22(24)14-13-18-9-8-10-19(15-18)25-16(2)3/h6-17H,5H2,1-4H3,(H,23,24)/b14-13+. The zero-order valence-corrected chi connectivity index (χ0v) is 15.5. The Morgan fingerprint density at radius 2 is 1.88 bits per heavy atom. The van der Waals surface area contributed by atoms with Crippen molar-refractivity contribution >= 4 is 17.7 Å². The van der Waals surface area contributed by atoms with Gasteiger partial charge in [0.2, 0.25) is 5.91 Å². The van der Waals surface area contributed by atoms with Crippen molar-refractivity contribution in [1.82, 2.24) is 0 Å². The van der Waals surface area contributed by atoms with Crippen LogP contribution in [-0.4, -0.2) is 12.0 Å². The van der Waals surface area contributed by atoms with Crippen LogP contribution >= 0.6 is 0 Å². The van der Waals surface area contributed by atoms with Crippen LogP contribution in [0.5, 0.6) is 5.75 Å². The number of carbonyl (C=O) groups is 1. The van der Waals surface area contributed by atoms with Gasteiger partial charge in [-0.2, -0.15) is 0 Å². The molecule has 1 atom stereocenters. The van der Waals surface area contributed by atoms with Crippen molar-refractivity contribution in [2.24, 2.45) is 0 Å². The zero-order valence-electron chi connectivity index (χ0n) is 15.5. The molecule has 0 spiro atoms. The lowest BCUT2D eigenvalue weighted by Gasteiger charge is -2.14. The van der Waals surface area contributed by atoms with Gasteiger partial charge in [-0.1, -0.05) is 44.2 Å². The van der Waals surface area contributed by atoms with Crippen LogP contribution in [0.1, 0.15) is 51.2 Å². The molecule has 0 aliphatic rings. The lowest BCUT2D eigenvalue weighted by atomic mass is 9.97. The van der Waals surface area contributed by atoms with Gasteiger partial charge < -0.3 is 10.1 Å². The second-order valence-electron chi connectivity index (χ2n) is 6.46. The average molecular weight is 337 g/mol. The highest BCUT2D eigenvalue weighted by atomic mass is 16.5. The van der Waals surface area contributed by atoms with Crippen LogP contribution in [0, 0.1) is 0 Å². The summed E-state index contributed by atoms with van der Waals surface area (Å²) in [6, 6.07) is 15.7. The van der Waals surface area contributed by atoms with E-state index in [4.69, 9.17) is 4.74 Å². The molecule has 132 valence electrons. The van der Waals surface area contributed by atoms with E-state index in [0.29, 0.717) is 5.92 Å². The molecule has 1 N–H and O–H groups in total. The maximum Gasteiger partial charge on any atom is 0.248 e. The topological polar surface area (TPSA) is 38.3 Å². The lowest BCUT2D eigenvalue weighted by Crippen LogP contribution is -2.10. The first kappa shape index (κ1) is 18.8. The van der Waals surface area contributed by atoms with Crippen LogP contribution in [0.2, 0.25) is 0 Å². The second kappa shape index (κ2) is 9.07. The van der Waals surface area contributed by atoms with Gasteiger partial charge in [-0.05, 0) is 61.6 Å². The molecule has 2 aromatic rings. The molecule has 1 unspecified atom stereocenters. The molecule has 0 bridgehead atoms. The number of nitrogens with one attached hydrogen (secondary N) is 1. The first-order valence-electron chi connectivity index (χ1n) is 8.84. The number of hydrogen-bond acceptors (Lipinski definition) is 2. The van der Waals surface area contributed by atoms with Crippen molar-refractivity contribution in [3.63, 3.8) is 0 Å². The lowest BCUT2D eigenvalue weighted by molar-refractivity contribution is -0.111. The number of rotatable bonds is 7. The van der Waals surface area contributed by atoms with Crippen molar-refractivity contribution < 1.29 is 9.53 Å². The summed E-state index contributed by atoms with van der Waals surface area (Å²) >= 11 is 0. The van der Waals surface area contributed by atoms with E-state index >= 15 is 0 Å². The quantitative estimate of drug-likeness (QED) is 0.664. The minimum atomic E-state index is -0.133. The van der Waals surface area contributed by atoms with E-state index in [-0.39, 0.29) is 12.0 Å². The third-order valence-electron chi connectivity index (χ3n) is 4.02. The van der Waals surface area contributed by atoms with E-state index in [1.165, 1.54) is 5.56 Å². The van der Waals surface area contributed by atoms with Gasteiger partial charge in [-0.15, -0.1) is 0 Å². The van der Waals surface area contributed by atoms with Crippen LogP contribution in [0.15, 0.2) is 54.6 Å². The average Bonchev–Trinajstić information content (AvgIpc) is 2.59. The Balaban J connectivity index is 2.07. The Kier molecular flexibility index (Phi) is 6.81. The molecule has 0 heterocycles. The van der Waals surface area contributed by atoms with Crippen LogP contribution < -0.4 is 10.1 Å². The molecule has 0 aliphatic heterocycles. The third-order valence-corrected chi connectivity index (χ3v) is 4.02. The van der Waals surface area contributed by atoms with E-state index in [2.05, 4.69) is 25.2 Å². The normalized spacial score (nSPS) is 12.4. The first-order valence-corrected chi connectivity index (χ1v) is 8.84. The molecule has 0 saturated heterocycles. The van der Waals surface area contributed by atoms with Crippen LogP contribution in [0.25, 0.3) is 6.08 Å². The van der Waals surface area contributed by atoms with E-state index in [9.17, 15) is 4.79 Å². The predicted molar refractivity (Wildman–Crippen MR) is 105 cm³/mol. The second-order valence-corrected chi connectivity index (χ2v) is 6.46. The molecule has 0 aromatic heterocycles. The van der Waals surface area contributed by atoms with Gasteiger partial charge in [0, 0.05) is 11.8 Å². The van der Waals surface area contributed by atoms with Crippen molar-refractivity contribution in [1.29, 1.82) is 0 Å². The Morgan fingerprint density at radius 1 is 1.12 bits per heavy atom. The molecule has 0 saturated carbocycles. The fourth-order valence-corrected chi connectivity index (χ4v) is 2.57. The fourth-order valence-electron chi connectivity index (χ4n) is 2.57. The molecule has 2 rings (SSSR count). The molecule has 1 amide bonds. The Hall–Kier alpha value is -2.55. The Labute approximate surface area is 150 Å². The van der Waals surface area contributed by atoms with Crippen LogP contribution in [0.4, 0.5) is 5.69 Å². The van der Waals surface area contributed by atoms with Gasteiger partial charge in [0.05, 0.1) is 6.10 Å². The molecule has 0 fully saturated rings. The van der Waals surface area contributed by atoms with Gasteiger partial charge in [-0.25, -0.2) is 0 Å². The Bertz CT molecular complexity index is 734. The Morgan fingerprint density at radius 3 is 2.60 bits per heavy atom. The van der Waals surface area contributed by atoms with E-state index in [0.717, 1.165) is 23.4 Å².